The number of aryl methyl sites for hydroxylation is 1. The number of fused-ring (bicyclic) bond motifs is 1. The number of hydrogen-bond acceptors (Lipinski definition) is 4. The van der Waals surface area contributed by atoms with E-state index in [0.29, 0.717) is 44.1 Å². The average Bonchev–Trinajstić information content (AvgIpc) is 3.10. The first kappa shape index (κ1) is 21.5. The monoisotopic (exact) mass is 428 g/mol. The highest BCUT2D eigenvalue weighted by Gasteiger charge is 2.24. The summed E-state index contributed by atoms with van der Waals surface area (Å²) in [6.07, 6.45) is 8.32. The van der Waals surface area contributed by atoms with E-state index in [1.54, 1.807) is 10.6 Å². The summed E-state index contributed by atoms with van der Waals surface area (Å²) >= 11 is 0. The predicted octanol–water partition coefficient (Wildman–Crippen LogP) is 3.00. The van der Waals surface area contributed by atoms with Gasteiger partial charge in [-0.15, -0.1) is 0 Å². The summed E-state index contributed by atoms with van der Waals surface area (Å²) < 4.78 is 6.82. The van der Waals surface area contributed by atoms with Gasteiger partial charge in [0.1, 0.15) is 0 Å². The summed E-state index contributed by atoms with van der Waals surface area (Å²) in [6.45, 7) is 1.77. The summed E-state index contributed by atoms with van der Waals surface area (Å²) in [5.74, 6) is -0.280. The Morgan fingerprint density at radius 3 is 2.39 bits per heavy atom. The number of nitrogens with one attached hydrogen (secondary N) is 2. The van der Waals surface area contributed by atoms with Crippen LogP contribution >= 0.6 is 0 Å². The molecule has 2 aliphatic rings. The number of para-hydroxylation sites is 2. The number of amides is 3. The molecule has 8 nitrogen and oxygen atoms in total. The fourth-order valence-electron chi connectivity index (χ4n) is 4.70. The van der Waals surface area contributed by atoms with Gasteiger partial charge >= 0.3 is 11.8 Å². The first-order chi connectivity index (χ1) is 15.1. The highest BCUT2D eigenvalue weighted by atomic mass is 16.4. The quantitative estimate of drug-likeness (QED) is 0.739. The highest BCUT2D eigenvalue weighted by molar-refractivity contribution is 5.77. The van der Waals surface area contributed by atoms with Crippen LogP contribution in [0.25, 0.3) is 11.1 Å². The van der Waals surface area contributed by atoms with Gasteiger partial charge in [-0.3, -0.25) is 9.36 Å². The summed E-state index contributed by atoms with van der Waals surface area (Å²) in [5.41, 5.74) is 1.33. The Hall–Kier alpha value is -2.77. The van der Waals surface area contributed by atoms with Crippen molar-refractivity contribution in [1.82, 2.24) is 20.1 Å². The van der Waals surface area contributed by atoms with Crippen LogP contribution in [0, 0.1) is 0 Å². The Labute approximate surface area is 182 Å². The number of urea groups is 1. The Bertz CT molecular complexity index is 952. The number of likely N-dealkylation sites (tertiary alicyclic amines) is 1. The number of rotatable bonds is 6. The molecule has 1 aliphatic heterocycles. The Kier molecular flexibility index (Phi) is 6.94. The van der Waals surface area contributed by atoms with E-state index >= 15 is 0 Å². The number of benzene rings is 1. The number of hydrogen-bond donors (Lipinski definition) is 2. The van der Waals surface area contributed by atoms with Crippen molar-refractivity contribution in [2.24, 2.45) is 0 Å². The lowest BCUT2D eigenvalue weighted by Crippen LogP contribution is -2.51. The topological polar surface area (TPSA) is 96.6 Å². The first-order valence-electron chi connectivity index (χ1n) is 11.5. The van der Waals surface area contributed by atoms with Crippen LogP contribution in [0.2, 0.25) is 0 Å². The lowest BCUT2D eigenvalue weighted by atomic mass is 9.96. The summed E-state index contributed by atoms with van der Waals surface area (Å²) in [5, 5.41) is 6.17. The zero-order valence-electron chi connectivity index (χ0n) is 18.0. The van der Waals surface area contributed by atoms with Gasteiger partial charge in [-0.2, -0.15) is 0 Å². The van der Waals surface area contributed by atoms with Gasteiger partial charge in [-0.05, 0) is 44.2 Å². The second-order valence-corrected chi connectivity index (χ2v) is 8.70. The van der Waals surface area contributed by atoms with Crippen LogP contribution in [0.4, 0.5) is 4.79 Å². The molecule has 2 fully saturated rings. The van der Waals surface area contributed by atoms with Crippen molar-refractivity contribution >= 4 is 23.0 Å². The van der Waals surface area contributed by atoms with Crippen LogP contribution in [-0.4, -0.2) is 46.6 Å². The number of nitrogens with zero attached hydrogens (tertiary/aromatic N) is 2. The maximum absolute atomic E-state index is 12.6. The van der Waals surface area contributed by atoms with Crippen LogP contribution in [0.3, 0.4) is 0 Å². The minimum Gasteiger partial charge on any atom is -0.408 e. The third kappa shape index (κ3) is 5.48. The van der Waals surface area contributed by atoms with Gasteiger partial charge in [-0.25, -0.2) is 9.59 Å². The van der Waals surface area contributed by atoms with Crippen molar-refractivity contribution in [3.63, 3.8) is 0 Å². The lowest BCUT2D eigenvalue weighted by Gasteiger charge is -2.33. The third-order valence-electron chi connectivity index (χ3n) is 6.47. The van der Waals surface area contributed by atoms with Crippen molar-refractivity contribution in [1.29, 1.82) is 0 Å². The SMILES string of the molecule is O=C(NC1CCCCC1)NC1CCN(C(=O)CCCn2c(=O)oc3ccccc32)CC1. The maximum atomic E-state index is 12.6. The Morgan fingerprint density at radius 1 is 0.968 bits per heavy atom. The van der Waals surface area contributed by atoms with Crippen LogP contribution in [-0.2, 0) is 11.3 Å². The van der Waals surface area contributed by atoms with E-state index in [2.05, 4.69) is 10.6 Å². The van der Waals surface area contributed by atoms with Gasteiger partial charge in [0.15, 0.2) is 5.58 Å². The Morgan fingerprint density at radius 2 is 1.65 bits per heavy atom. The molecule has 2 heterocycles. The molecule has 1 aliphatic carbocycles. The van der Waals surface area contributed by atoms with Crippen molar-refractivity contribution in [3.05, 3.63) is 34.8 Å². The molecule has 2 aromatic rings. The molecular weight excluding hydrogens is 396 g/mol. The van der Waals surface area contributed by atoms with E-state index in [-0.39, 0.29) is 23.7 Å². The van der Waals surface area contributed by atoms with Crippen LogP contribution in [0.5, 0.6) is 0 Å². The fourth-order valence-corrected chi connectivity index (χ4v) is 4.70. The molecule has 168 valence electrons. The standard InChI is InChI=1S/C23H32N4O4/c28-21(11-6-14-27-19-9-4-5-10-20(19)31-23(27)30)26-15-12-18(13-16-26)25-22(29)24-17-7-2-1-3-8-17/h4-5,9-10,17-18H,1-3,6-8,11-16H2,(H2,24,25,29). The summed E-state index contributed by atoms with van der Waals surface area (Å²) in [7, 11) is 0. The average molecular weight is 429 g/mol. The largest absolute Gasteiger partial charge is 0.419 e. The lowest BCUT2D eigenvalue weighted by molar-refractivity contribution is -0.132. The third-order valence-corrected chi connectivity index (χ3v) is 6.47. The van der Waals surface area contributed by atoms with E-state index in [1.807, 2.05) is 23.1 Å². The molecule has 4 rings (SSSR count). The number of carbonyl (C=O) groups excluding carboxylic acids is 2. The van der Waals surface area contributed by atoms with Crippen molar-refractivity contribution in [2.45, 2.75) is 76.4 Å². The molecule has 0 radical (unpaired) electrons. The predicted molar refractivity (Wildman–Crippen MR) is 118 cm³/mol. The molecule has 1 aromatic carbocycles. The van der Waals surface area contributed by atoms with Gasteiger partial charge in [0.2, 0.25) is 5.91 Å². The van der Waals surface area contributed by atoms with E-state index < -0.39 is 0 Å². The van der Waals surface area contributed by atoms with Gasteiger partial charge in [0, 0.05) is 38.1 Å². The van der Waals surface area contributed by atoms with E-state index in [4.69, 9.17) is 4.42 Å². The second-order valence-electron chi connectivity index (χ2n) is 8.70. The van der Waals surface area contributed by atoms with Crippen molar-refractivity contribution in [2.75, 3.05) is 13.1 Å². The van der Waals surface area contributed by atoms with Gasteiger partial charge in [-0.1, -0.05) is 31.4 Å². The zero-order valence-corrected chi connectivity index (χ0v) is 18.0. The molecule has 1 saturated heterocycles. The molecule has 31 heavy (non-hydrogen) atoms. The van der Waals surface area contributed by atoms with E-state index in [1.165, 1.54) is 19.3 Å². The number of carbonyl (C=O) groups is 2. The number of oxazole rings is 1. The molecular formula is C23H32N4O4. The normalized spacial score (nSPS) is 18.3. The molecule has 2 N–H and O–H groups in total. The molecule has 0 unspecified atom stereocenters. The molecule has 8 heteroatoms. The molecule has 0 bridgehead atoms. The van der Waals surface area contributed by atoms with Crippen molar-refractivity contribution in [3.8, 4) is 0 Å². The van der Waals surface area contributed by atoms with Crippen LogP contribution < -0.4 is 16.4 Å². The molecule has 1 saturated carbocycles. The number of aromatic nitrogens is 1. The summed E-state index contributed by atoms with van der Waals surface area (Å²) in [6, 6.07) is 7.66. The molecule has 0 spiro atoms. The highest BCUT2D eigenvalue weighted by Crippen LogP contribution is 2.18. The number of piperidine rings is 1. The first-order valence-corrected chi connectivity index (χ1v) is 11.5. The van der Waals surface area contributed by atoms with Crippen LogP contribution in [0.15, 0.2) is 33.5 Å². The van der Waals surface area contributed by atoms with Gasteiger partial charge in [0.05, 0.1) is 5.52 Å². The molecule has 3 amide bonds. The van der Waals surface area contributed by atoms with Gasteiger partial charge in [0.25, 0.3) is 0 Å². The maximum Gasteiger partial charge on any atom is 0.419 e. The smallest absolute Gasteiger partial charge is 0.408 e. The van der Waals surface area contributed by atoms with E-state index in [9.17, 15) is 14.4 Å². The zero-order chi connectivity index (χ0) is 21.6. The summed E-state index contributed by atoms with van der Waals surface area (Å²) in [4.78, 5) is 38.7. The van der Waals surface area contributed by atoms with E-state index in [0.717, 1.165) is 31.2 Å². The van der Waals surface area contributed by atoms with Crippen molar-refractivity contribution < 1.29 is 14.0 Å². The Balaban J connectivity index is 1.17. The fraction of sp³-hybridized carbons (Fsp3) is 0.609. The molecule has 0 atom stereocenters. The minimum atomic E-state index is -0.382. The van der Waals surface area contributed by atoms with Crippen LogP contribution in [0.1, 0.15) is 57.8 Å². The minimum absolute atomic E-state index is 0.0746. The second kappa shape index (κ2) is 10.0. The van der Waals surface area contributed by atoms with Gasteiger partial charge < -0.3 is 20.0 Å². The molecule has 1 aromatic heterocycles.